The maximum atomic E-state index is 12.0. The Balaban J connectivity index is 1.80. The lowest BCUT2D eigenvalue weighted by Gasteiger charge is -2.02. The highest BCUT2D eigenvalue weighted by Gasteiger charge is 2.12. The number of hydrogen-bond donors (Lipinski definition) is 0. The number of esters is 1. The van der Waals surface area contributed by atoms with Gasteiger partial charge in [-0.1, -0.05) is 22.0 Å². The monoisotopic (exact) mass is 343 g/mol. The van der Waals surface area contributed by atoms with Crippen LogP contribution in [-0.4, -0.2) is 20.5 Å². The number of imidazole rings is 1. The van der Waals surface area contributed by atoms with Gasteiger partial charge in [-0.05, 0) is 30.3 Å². The van der Waals surface area contributed by atoms with Crippen LogP contribution >= 0.6 is 15.9 Å². The highest BCUT2D eigenvalue weighted by atomic mass is 79.9. The number of pyridine rings is 1. The van der Waals surface area contributed by atoms with Crippen molar-refractivity contribution in [2.45, 2.75) is 0 Å². The van der Waals surface area contributed by atoms with Crippen molar-refractivity contribution < 1.29 is 9.53 Å². The van der Waals surface area contributed by atoms with Crippen LogP contribution in [0, 0.1) is 0 Å². The molecule has 3 rings (SSSR count). The molecule has 0 aliphatic heterocycles. The second kappa shape index (κ2) is 5.88. The maximum Gasteiger partial charge on any atom is 0.363 e. The average molecular weight is 344 g/mol. The van der Waals surface area contributed by atoms with Gasteiger partial charge >= 0.3 is 5.97 Å². The van der Waals surface area contributed by atoms with Crippen LogP contribution in [0.4, 0.5) is 0 Å². The summed E-state index contributed by atoms with van der Waals surface area (Å²) in [5.41, 5.74) is 1.14. The fourth-order valence-corrected chi connectivity index (χ4v) is 2.16. The second-order valence-electron chi connectivity index (χ2n) is 4.22. The summed E-state index contributed by atoms with van der Waals surface area (Å²) in [6.45, 7) is 0. The number of hydrogen-bond acceptors (Lipinski definition) is 4. The van der Waals surface area contributed by atoms with Crippen LogP contribution in [0.1, 0.15) is 10.5 Å². The van der Waals surface area contributed by atoms with E-state index in [9.17, 15) is 4.79 Å². The van der Waals surface area contributed by atoms with Gasteiger partial charge in [0.1, 0.15) is 12.1 Å². The summed E-state index contributed by atoms with van der Waals surface area (Å²) in [5, 5.41) is 0. The van der Waals surface area contributed by atoms with Gasteiger partial charge in [-0.15, -0.1) is 0 Å². The maximum absolute atomic E-state index is 12.0. The van der Waals surface area contributed by atoms with Crippen molar-refractivity contribution in [1.29, 1.82) is 0 Å². The van der Waals surface area contributed by atoms with E-state index in [4.69, 9.17) is 4.74 Å². The smallest absolute Gasteiger partial charge is 0.363 e. The van der Waals surface area contributed by atoms with Gasteiger partial charge in [-0.25, -0.2) is 9.78 Å². The summed E-state index contributed by atoms with van der Waals surface area (Å²) < 4.78 is 7.89. The van der Waals surface area contributed by atoms with Gasteiger partial charge in [0.2, 0.25) is 0 Å². The SMILES string of the molecule is O=C(Oc1cccnc1)c1cn(-c2cccc(Br)c2)cn1. The summed E-state index contributed by atoms with van der Waals surface area (Å²) in [5.74, 6) is -0.128. The lowest BCUT2D eigenvalue weighted by Crippen LogP contribution is -2.08. The lowest BCUT2D eigenvalue weighted by atomic mass is 10.3. The minimum Gasteiger partial charge on any atom is -0.420 e. The molecule has 0 aliphatic carbocycles. The van der Waals surface area contributed by atoms with E-state index in [0.717, 1.165) is 10.2 Å². The van der Waals surface area contributed by atoms with Crippen LogP contribution in [-0.2, 0) is 0 Å². The highest BCUT2D eigenvalue weighted by Crippen LogP contribution is 2.16. The van der Waals surface area contributed by atoms with E-state index < -0.39 is 5.97 Å². The first kappa shape index (κ1) is 13.5. The van der Waals surface area contributed by atoms with E-state index in [1.165, 1.54) is 6.20 Å². The average Bonchev–Trinajstić information content (AvgIpc) is 2.98. The third kappa shape index (κ3) is 3.17. The first-order valence-electron chi connectivity index (χ1n) is 6.14. The van der Waals surface area contributed by atoms with Gasteiger partial charge < -0.3 is 9.30 Å². The van der Waals surface area contributed by atoms with E-state index in [1.807, 2.05) is 24.3 Å². The Morgan fingerprint density at radius 3 is 2.90 bits per heavy atom. The van der Waals surface area contributed by atoms with Crippen LogP contribution in [0.5, 0.6) is 5.75 Å². The molecule has 104 valence electrons. The zero-order valence-electron chi connectivity index (χ0n) is 10.8. The van der Waals surface area contributed by atoms with Gasteiger partial charge in [-0.3, -0.25) is 4.98 Å². The number of aromatic nitrogens is 3. The number of rotatable bonds is 3. The van der Waals surface area contributed by atoms with Crippen LogP contribution in [0.3, 0.4) is 0 Å². The number of ether oxygens (including phenoxy) is 1. The van der Waals surface area contributed by atoms with Crippen molar-refractivity contribution in [2.75, 3.05) is 0 Å². The van der Waals surface area contributed by atoms with E-state index in [-0.39, 0.29) is 5.69 Å². The number of nitrogens with zero attached hydrogens (tertiary/aromatic N) is 3. The van der Waals surface area contributed by atoms with Crippen LogP contribution in [0.15, 0.2) is 65.8 Å². The molecule has 0 saturated carbocycles. The van der Waals surface area contributed by atoms with Gasteiger partial charge in [-0.2, -0.15) is 0 Å². The van der Waals surface area contributed by atoms with Gasteiger partial charge in [0, 0.05) is 22.6 Å². The number of benzene rings is 1. The fraction of sp³-hybridized carbons (Fsp3) is 0. The summed E-state index contributed by atoms with van der Waals surface area (Å²) in [6, 6.07) is 11.0. The number of carbonyl (C=O) groups excluding carboxylic acids is 1. The largest absolute Gasteiger partial charge is 0.420 e. The van der Waals surface area contributed by atoms with Crippen molar-refractivity contribution in [3.05, 3.63) is 71.5 Å². The molecule has 2 aromatic heterocycles. The van der Waals surface area contributed by atoms with E-state index >= 15 is 0 Å². The van der Waals surface area contributed by atoms with Crippen molar-refractivity contribution in [3.63, 3.8) is 0 Å². The zero-order valence-corrected chi connectivity index (χ0v) is 12.4. The molecule has 0 saturated heterocycles. The van der Waals surface area contributed by atoms with Gasteiger partial charge in [0.15, 0.2) is 5.69 Å². The quantitative estimate of drug-likeness (QED) is 0.685. The van der Waals surface area contributed by atoms with Crippen molar-refractivity contribution in [3.8, 4) is 11.4 Å². The predicted molar refractivity (Wildman–Crippen MR) is 80.5 cm³/mol. The molecule has 2 heterocycles. The summed E-state index contributed by atoms with van der Waals surface area (Å²) in [4.78, 5) is 19.9. The van der Waals surface area contributed by atoms with Crippen LogP contribution in [0.25, 0.3) is 5.69 Å². The minimum atomic E-state index is -0.517. The molecule has 0 bridgehead atoms. The fourth-order valence-electron chi connectivity index (χ4n) is 1.77. The third-order valence-corrected chi connectivity index (χ3v) is 3.24. The lowest BCUT2D eigenvalue weighted by molar-refractivity contribution is 0.0728. The van der Waals surface area contributed by atoms with Crippen molar-refractivity contribution >= 4 is 21.9 Å². The summed E-state index contributed by atoms with van der Waals surface area (Å²) >= 11 is 3.41. The molecule has 0 spiro atoms. The predicted octanol–water partition coefficient (Wildman–Crippen LogP) is 3.25. The third-order valence-electron chi connectivity index (χ3n) is 2.74. The van der Waals surface area contributed by atoms with Crippen molar-refractivity contribution in [2.24, 2.45) is 0 Å². The Hall–Kier alpha value is -2.47. The molecule has 0 aliphatic rings. The Morgan fingerprint density at radius 2 is 2.14 bits per heavy atom. The second-order valence-corrected chi connectivity index (χ2v) is 5.14. The van der Waals surface area contributed by atoms with E-state index in [0.29, 0.717) is 5.75 Å². The first-order valence-corrected chi connectivity index (χ1v) is 6.94. The van der Waals surface area contributed by atoms with Crippen LogP contribution < -0.4 is 4.74 Å². The Morgan fingerprint density at radius 1 is 1.24 bits per heavy atom. The molecule has 0 fully saturated rings. The molecular weight excluding hydrogens is 334 g/mol. The molecule has 6 heteroatoms. The zero-order chi connectivity index (χ0) is 14.7. The molecule has 0 amide bonds. The summed E-state index contributed by atoms with van der Waals surface area (Å²) in [6.07, 6.45) is 6.28. The molecule has 0 atom stereocenters. The molecule has 5 nitrogen and oxygen atoms in total. The number of carbonyl (C=O) groups is 1. The van der Waals surface area contributed by atoms with Gasteiger partial charge in [0.05, 0.1) is 6.20 Å². The Bertz CT molecular complexity index is 771. The summed E-state index contributed by atoms with van der Waals surface area (Å²) in [7, 11) is 0. The Labute approximate surface area is 129 Å². The molecule has 0 unspecified atom stereocenters. The minimum absolute atomic E-state index is 0.235. The van der Waals surface area contributed by atoms with Crippen LogP contribution in [0.2, 0.25) is 0 Å². The van der Waals surface area contributed by atoms with E-state index in [2.05, 4.69) is 25.9 Å². The highest BCUT2D eigenvalue weighted by molar-refractivity contribution is 9.10. The first-order chi connectivity index (χ1) is 10.2. The molecule has 0 N–H and O–H groups in total. The Kier molecular flexibility index (Phi) is 3.79. The number of halogens is 1. The standard InChI is InChI=1S/C15H10BrN3O2/c16-11-3-1-4-12(7-11)19-9-14(18-10-19)15(20)21-13-5-2-6-17-8-13/h1-10H. The molecule has 21 heavy (non-hydrogen) atoms. The van der Waals surface area contributed by atoms with Crippen molar-refractivity contribution in [1.82, 2.24) is 14.5 Å². The molecule has 3 aromatic rings. The normalized spacial score (nSPS) is 10.3. The van der Waals surface area contributed by atoms with Gasteiger partial charge in [0.25, 0.3) is 0 Å². The molecule has 0 radical (unpaired) electrons. The molecular formula is C15H10BrN3O2. The topological polar surface area (TPSA) is 57.0 Å². The molecule has 1 aromatic carbocycles. The van der Waals surface area contributed by atoms with E-state index in [1.54, 1.807) is 35.4 Å².